The van der Waals surface area contributed by atoms with Gasteiger partial charge in [0.2, 0.25) is 0 Å². The van der Waals surface area contributed by atoms with Crippen molar-refractivity contribution in [1.82, 2.24) is 9.80 Å². The maximum Gasteiger partial charge on any atom is 0.435 e. The third-order valence-electron chi connectivity index (χ3n) is 6.65. The minimum atomic E-state index is -4.85. The van der Waals surface area contributed by atoms with E-state index in [4.69, 9.17) is 39.6 Å². The fourth-order valence-electron chi connectivity index (χ4n) is 4.39. The lowest BCUT2D eigenvalue weighted by atomic mass is 9.85. The summed E-state index contributed by atoms with van der Waals surface area (Å²) in [6.07, 6.45) is -4.54. The molecule has 1 atom stereocenters. The maximum atomic E-state index is 15.3. The molecule has 1 unspecified atom stereocenters. The van der Waals surface area contributed by atoms with Crippen molar-refractivity contribution in [3.8, 4) is 0 Å². The molecule has 0 aliphatic carbocycles. The van der Waals surface area contributed by atoms with E-state index in [2.05, 4.69) is 5.16 Å². The number of hydrogen-bond acceptors (Lipinski definition) is 3. The van der Waals surface area contributed by atoms with E-state index in [0.717, 1.165) is 18.6 Å². The number of halogens is 7. The van der Waals surface area contributed by atoms with Gasteiger partial charge in [0.15, 0.2) is 5.67 Å². The first-order valence-corrected chi connectivity index (χ1v) is 11.9. The summed E-state index contributed by atoms with van der Waals surface area (Å²) in [5.74, 6) is 0. The molecule has 0 spiro atoms. The zero-order valence-electron chi connectivity index (χ0n) is 18.0. The molecule has 2 aromatic rings. The Bertz CT molecular complexity index is 1190. The number of oxime groups is 1. The minimum Gasteiger partial charge on any atom is -0.374 e. The van der Waals surface area contributed by atoms with Crippen LogP contribution >= 0.6 is 34.8 Å². The summed E-state index contributed by atoms with van der Waals surface area (Å²) in [5, 5.41) is 3.35. The van der Waals surface area contributed by atoms with E-state index < -0.39 is 23.9 Å². The second-order valence-electron chi connectivity index (χ2n) is 8.91. The molecule has 5 rings (SSSR count). The highest BCUT2D eigenvalue weighted by atomic mass is 35.5. The molecule has 3 heterocycles. The second-order valence-corrected chi connectivity index (χ2v) is 10.1. The van der Waals surface area contributed by atoms with Crippen LogP contribution in [-0.4, -0.2) is 53.9 Å². The van der Waals surface area contributed by atoms with E-state index in [9.17, 15) is 18.0 Å². The Labute approximate surface area is 213 Å². The molecule has 0 aromatic heterocycles. The summed E-state index contributed by atoms with van der Waals surface area (Å²) in [5.41, 5.74) is -4.11. The van der Waals surface area contributed by atoms with Crippen LogP contribution in [0.3, 0.4) is 0 Å². The highest BCUT2D eigenvalue weighted by molar-refractivity contribution is 6.48. The average Bonchev–Trinajstić information content (AvgIpc) is 3.21. The average molecular weight is 551 g/mol. The zero-order valence-corrected chi connectivity index (χ0v) is 20.3. The van der Waals surface area contributed by atoms with Crippen LogP contribution in [0.1, 0.15) is 29.5 Å². The van der Waals surface area contributed by atoms with E-state index in [-0.39, 0.29) is 45.5 Å². The molecule has 35 heavy (non-hydrogen) atoms. The van der Waals surface area contributed by atoms with Crippen LogP contribution < -0.4 is 0 Å². The van der Waals surface area contributed by atoms with Crippen LogP contribution in [0.15, 0.2) is 41.6 Å². The van der Waals surface area contributed by atoms with Crippen molar-refractivity contribution in [2.24, 2.45) is 5.16 Å². The Hall–Kier alpha value is -2.23. The molecule has 2 saturated heterocycles. The monoisotopic (exact) mass is 549 g/mol. The van der Waals surface area contributed by atoms with Crippen LogP contribution in [0.5, 0.6) is 0 Å². The van der Waals surface area contributed by atoms with E-state index in [0.29, 0.717) is 24.2 Å². The SMILES string of the molecule is O=C(N1CCC1)N1CC(F)(c2ccc(C3=NOC(c4cc(Cl)c(Cl)c(Cl)c4)(C(F)(F)F)C3)cc2)C1. The number of carbonyl (C=O) groups is 1. The van der Waals surface area contributed by atoms with Crippen molar-refractivity contribution in [1.29, 1.82) is 0 Å². The highest BCUT2D eigenvalue weighted by Gasteiger charge is 2.62. The molecular formula is C23H18Cl3F4N3O2. The lowest BCUT2D eigenvalue weighted by molar-refractivity contribution is -0.275. The van der Waals surface area contributed by atoms with Gasteiger partial charge in [0.05, 0.1) is 33.9 Å². The Morgan fingerprint density at radius 3 is 2.09 bits per heavy atom. The minimum absolute atomic E-state index is 0.0344. The second kappa shape index (κ2) is 8.42. The molecule has 0 saturated carbocycles. The first-order valence-electron chi connectivity index (χ1n) is 10.7. The van der Waals surface area contributed by atoms with Crippen molar-refractivity contribution >= 4 is 46.5 Å². The third-order valence-corrected chi connectivity index (χ3v) is 7.85. The van der Waals surface area contributed by atoms with Crippen molar-refractivity contribution < 1.29 is 27.2 Å². The molecule has 2 amide bonds. The Kier molecular flexibility index (Phi) is 5.89. The normalized spacial score (nSPS) is 23.3. The maximum absolute atomic E-state index is 15.3. The predicted octanol–water partition coefficient (Wildman–Crippen LogP) is 6.54. The molecule has 186 valence electrons. The molecule has 2 fully saturated rings. The number of likely N-dealkylation sites (tertiary alicyclic amines) is 2. The fraction of sp³-hybridized carbons (Fsp3) is 0.391. The Morgan fingerprint density at radius 1 is 0.971 bits per heavy atom. The summed E-state index contributed by atoms with van der Waals surface area (Å²) >= 11 is 17.8. The third kappa shape index (κ3) is 4.01. The van der Waals surface area contributed by atoms with Crippen LogP contribution in [0, 0.1) is 0 Å². The molecule has 2 aromatic carbocycles. The van der Waals surface area contributed by atoms with Crippen LogP contribution in [0.25, 0.3) is 0 Å². The molecule has 3 aliphatic rings. The number of amides is 2. The van der Waals surface area contributed by atoms with Gasteiger partial charge < -0.3 is 14.6 Å². The van der Waals surface area contributed by atoms with Crippen LogP contribution in [0.4, 0.5) is 22.4 Å². The van der Waals surface area contributed by atoms with Gasteiger partial charge in [-0.05, 0) is 29.7 Å². The van der Waals surface area contributed by atoms with Crippen LogP contribution in [0.2, 0.25) is 15.1 Å². The van der Waals surface area contributed by atoms with Crippen molar-refractivity contribution in [2.45, 2.75) is 30.3 Å². The molecule has 3 aliphatic heterocycles. The molecule has 12 heteroatoms. The smallest absolute Gasteiger partial charge is 0.374 e. The van der Waals surface area contributed by atoms with Gasteiger partial charge >= 0.3 is 12.2 Å². The molecule has 0 bridgehead atoms. The summed E-state index contributed by atoms with van der Waals surface area (Å²) in [6, 6.07) is 7.91. The van der Waals surface area contributed by atoms with Gasteiger partial charge in [0, 0.05) is 25.1 Å². The van der Waals surface area contributed by atoms with Gasteiger partial charge in [-0.25, -0.2) is 9.18 Å². The first-order chi connectivity index (χ1) is 16.4. The molecule has 0 radical (unpaired) electrons. The molecule has 0 N–H and O–H groups in total. The van der Waals surface area contributed by atoms with E-state index in [1.807, 2.05) is 0 Å². The van der Waals surface area contributed by atoms with Gasteiger partial charge in [-0.1, -0.05) is 64.2 Å². The van der Waals surface area contributed by atoms with Gasteiger partial charge in [-0.2, -0.15) is 13.2 Å². The van der Waals surface area contributed by atoms with Crippen molar-refractivity contribution in [3.63, 3.8) is 0 Å². The number of urea groups is 1. The number of nitrogens with zero attached hydrogens (tertiary/aromatic N) is 3. The lowest BCUT2D eigenvalue weighted by Crippen LogP contribution is -2.63. The predicted molar refractivity (Wildman–Crippen MR) is 124 cm³/mol. The summed E-state index contributed by atoms with van der Waals surface area (Å²) in [6.45, 7) is 1.23. The topological polar surface area (TPSA) is 45.1 Å². The Morgan fingerprint density at radius 2 is 1.57 bits per heavy atom. The van der Waals surface area contributed by atoms with Crippen LogP contribution in [-0.2, 0) is 16.1 Å². The van der Waals surface area contributed by atoms with E-state index in [1.54, 1.807) is 4.90 Å². The summed E-state index contributed by atoms with van der Waals surface area (Å²) < 4.78 is 57.9. The molecule has 5 nitrogen and oxygen atoms in total. The number of benzene rings is 2. The van der Waals surface area contributed by atoms with E-state index in [1.165, 1.54) is 29.2 Å². The lowest BCUT2D eigenvalue weighted by Gasteiger charge is -2.47. The highest BCUT2D eigenvalue weighted by Crippen LogP contribution is 2.50. The number of alkyl halides is 4. The Balaban J connectivity index is 1.34. The van der Waals surface area contributed by atoms with Gasteiger partial charge in [-0.15, -0.1) is 0 Å². The summed E-state index contributed by atoms with van der Waals surface area (Å²) in [4.78, 5) is 20.3. The van der Waals surface area contributed by atoms with Gasteiger partial charge in [0.1, 0.15) is 0 Å². The number of hydrogen-bond donors (Lipinski definition) is 0. The zero-order chi connectivity index (χ0) is 25.2. The van der Waals surface area contributed by atoms with Gasteiger partial charge in [-0.3, -0.25) is 0 Å². The quantitative estimate of drug-likeness (QED) is 0.322. The fourth-order valence-corrected chi connectivity index (χ4v) is 4.99. The number of rotatable bonds is 3. The van der Waals surface area contributed by atoms with Crippen molar-refractivity contribution in [3.05, 3.63) is 68.2 Å². The van der Waals surface area contributed by atoms with Crippen molar-refractivity contribution in [2.75, 3.05) is 26.2 Å². The van der Waals surface area contributed by atoms with Gasteiger partial charge in [0.25, 0.3) is 5.60 Å². The standard InChI is InChI=1S/C23H18Cl3F4N3O2/c24-16-8-15(9-17(25)19(16)26)22(23(28,29)30)10-18(31-35-22)13-2-4-14(5-3-13)21(27)11-33(12-21)20(34)32-6-1-7-32/h2-5,8-9H,1,6-7,10-12H2. The number of carbonyl (C=O) groups excluding carboxylic acids is 1. The first kappa shape index (κ1) is 24.5. The largest absolute Gasteiger partial charge is 0.435 e. The molecular weight excluding hydrogens is 533 g/mol. The summed E-state index contributed by atoms with van der Waals surface area (Å²) in [7, 11) is 0. The van der Waals surface area contributed by atoms with E-state index >= 15 is 4.39 Å².